The van der Waals surface area contributed by atoms with Crippen LogP contribution in [0.25, 0.3) is 16.1 Å². The van der Waals surface area contributed by atoms with E-state index in [0.29, 0.717) is 10.6 Å². The Bertz CT molecular complexity index is 1870. The van der Waals surface area contributed by atoms with Gasteiger partial charge in [0.05, 0.1) is 21.4 Å². The first-order chi connectivity index (χ1) is 19.2. The van der Waals surface area contributed by atoms with Gasteiger partial charge >= 0.3 is 0 Å². The number of allylic oxidation sites excluding steroid dienone is 2. The molecule has 2 aromatic carbocycles. The second kappa shape index (κ2) is 9.96. The predicted molar refractivity (Wildman–Crippen MR) is 161 cm³/mol. The minimum atomic E-state index is -0.711. The number of aliphatic hydroxyl groups excluding tert-OH is 1. The van der Waals surface area contributed by atoms with E-state index in [0.717, 1.165) is 42.6 Å². The van der Waals surface area contributed by atoms with Crippen LogP contribution >= 0.6 is 46.5 Å². The molecule has 0 saturated heterocycles. The van der Waals surface area contributed by atoms with Crippen molar-refractivity contribution in [3.8, 4) is 28.3 Å². The van der Waals surface area contributed by atoms with Gasteiger partial charge in [0.15, 0.2) is 3.95 Å². The van der Waals surface area contributed by atoms with Gasteiger partial charge in [0.1, 0.15) is 22.7 Å². The molecule has 1 aliphatic carbocycles. The lowest BCUT2D eigenvalue weighted by Gasteiger charge is -2.30. The number of hydrogen-bond acceptors (Lipinski definition) is 8. The van der Waals surface area contributed by atoms with Crippen molar-refractivity contribution in [2.45, 2.75) is 31.6 Å². The van der Waals surface area contributed by atoms with Crippen LogP contribution in [-0.4, -0.2) is 9.67 Å². The third kappa shape index (κ3) is 4.14. The number of nitrogens with one attached hydrogen (secondary N) is 1. The van der Waals surface area contributed by atoms with Crippen molar-refractivity contribution in [2.75, 3.05) is 5.32 Å². The molecule has 0 bridgehead atoms. The van der Waals surface area contributed by atoms with Gasteiger partial charge in [0.25, 0.3) is 5.95 Å². The zero-order chi connectivity index (χ0) is 28.2. The molecule has 198 valence electrons. The Morgan fingerprint density at radius 1 is 1.07 bits per heavy atom. The highest BCUT2D eigenvalue weighted by Gasteiger charge is 2.40. The third-order valence-electron chi connectivity index (χ3n) is 7.06. The lowest BCUT2D eigenvalue weighted by molar-refractivity contribution is 0.136. The number of benzene rings is 2. The summed E-state index contributed by atoms with van der Waals surface area (Å²) in [6.07, 6.45) is 0.743. The van der Waals surface area contributed by atoms with Gasteiger partial charge in [-0.3, -0.25) is 4.57 Å². The Balaban J connectivity index is 1.49. The summed E-state index contributed by atoms with van der Waals surface area (Å²) in [6.45, 7) is 4.32. The van der Waals surface area contributed by atoms with Crippen LogP contribution in [0.4, 0.5) is 5.00 Å². The number of ether oxygens (including phenoxy) is 1. The topological polar surface area (TPSA) is 94.0 Å². The van der Waals surface area contributed by atoms with Crippen molar-refractivity contribution in [3.63, 3.8) is 0 Å². The highest BCUT2D eigenvalue weighted by molar-refractivity contribution is 7.73. The number of thiophene rings is 1. The number of aromatic nitrogens is 1. The summed E-state index contributed by atoms with van der Waals surface area (Å²) in [7, 11) is 0. The Morgan fingerprint density at radius 2 is 1.75 bits per heavy atom. The van der Waals surface area contributed by atoms with E-state index in [9.17, 15) is 15.6 Å². The molecule has 0 fully saturated rings. The summed E-state index contributed by atoms with van der Waals surface area (Å²) >= 11 is 15.6. The van der Waals surface area contributed by atoms with Crippen LogP contribution in [0.3, 0.4) is 0 Å². The summed E-state index contributed by atoms with van der Waals surface area (Å²) in [6, 6.07) is 23.6. The number of fused-ring (bicyclic) bond motifs is 3. The number of hydrogen-bond donors (Lipinski definition) is 2. The fourth-order valence-electron chi connectivity index (χ4n) is 5.26. The summed E-state index contributed by atoms with van der Waals surface area (Å²) in [5.74, 6) is -1.16. The maximum atomic E-state index is 10.6. The van der Waals surface area contributed by atoms with Crippen LogP contribution in [0.2, 0.25) is 0 Å². The SMILES string of the molecule is CC1(C)Cc2c(sc(=S)n2-c2ccccc2)-c2c1sc(NC1=C(Cl)C(c3ccccc3)C(C#N)=C(O)O1)c2C#N. The number of nitrogens with zero attached hydrogens (tertiary/aromatic N) is 3. The van der Waals surface area contributed by atoms with E-state index >= 15 is 0 Å². The van der Waals surface area contributed by atoms with Gasteiger partial charge in [0.2, 0.25) is 5.88 Å². The first kappa shape index (κ1) is 26.4. The summed E-state index contributed by atoms with van der Waals surface area (Å²) in [4.78, 5) is 2.03. The first-order valence-corrected chi connectivity index (χ1v) is 14.8. The lowest BCUT2D eigenvalue weighted by Crippen LogP contribution is -2.25. The van der Waals surface area contributed by atoms with E-state index in [1.165, 1.54) is 22.7 Å². The molecule has 0 amide bonds. The van der Waals surface area contributed by atoms with Crippen LogP contribution in [0, 0.1) is 26.6 Å². The molecule has 1 aliphatic heterocycles. The summed E-state index contributed by atoms with van der Waals surface area (Å²) < 4.78 is 8.44. The molecule has 2 aliphatic rings. The van der Waals surface area contributed by atoms with E-state index in [1.54, 1.807) is 0 Å². The summed E-state index contributed by atoms with van der Waals surface area (Å²) in [5, 5.41) is 34.7. The van der Waals surface area contributed by atoms with Gasteiger partial charge in [-0.1, -0.05) is 74.0 Å². The quantitative estimate of drug-likeness (QED) is 0.228. The summed E-state index contributed by atoms with van der Waals surface area (Å²) in [5.41, 5.74) is 3.85. The fraction of sp³-hybridized carbons (Fsp3) is 0.167. The first-order valence-electron chi connectivity index (χ1n) is 12.4. The lowest BCUT2D eigenvalue weighted by atomic mass is 9.78. The molecular formula is C30H21ClN4O2S3. The number of para-hydroxylation sites is 1. The minimum Gasteiger partial charge on any atom is -0.480 e. The van der Waals surface area contributed by atoms with Gasteiger partial charge in [-0.05, 0) is 36.3 Å². The van der Waals surface area contributed by atoms with E-state index in [1.807, 2.05) is 66.7 Å². The monoisotopic (exact) mass is 600 g/mol. The van der Waals surface area contributed by atoms with E-state index in [4.69, 9.17) is 28.6 Å². The molecule has 40 heavy (non-hydrogen) atoms. The van der Waals surface area contributed by atoms with Crippen molar-refractivity contribution in [1.82, 2.24) is 4.57 Å². The number of anilines is 1. The number of aliphatic hydroxyl groups is 1. The maximum absolute atomic E-state index is 10.6. The molecule has 10 heteroatoms. The number of nitriles is 2. The smallest absolute Gasteiger partial charge is 0.298 e. The van der Waals surface area contributed by atoms with E-state index in [-0.39, 0.29) is 21.9 Å². The highest BCUT2D eigenvalue weighted by atomic mass is 35.5. The van der Waals surface area contributed by atoms with Crippen LogP contribution in [0.15, 0.2) is 83.1 Å². The maximum Gasteiger partial charge on any atom is 0.298 e. The average Bonchev–Trinajstić information content (AvgIpc) is 3.48. The van der Waals surface area contributed by atoms with Gasteiger partial charge in [-0.25, -0.2) is 0 Å². The van der Waals surface area contributed by atoms with Gasteiger partial charge in [-0.15, -0.1) is 22.7 Å². The van der Waals surface area contributed by atoms with Crippen LogP contribution in [0.5, 0.6) is 0 Å². The Labute approximate surface area is 249 Å². The zero-order valence-corrected chi connectivity index (χ0v) is 24.6. The molecule has 4 aromatic rings. The minimum absolute atomic E-state index is 0.0144. The number of halogens is 1. The zero-order valence-electron chi connectivity index (χ0n) is 21.4. The average molecular weight is 601 g/mol. The number of rotatable bonds is 4. The highest BCUT2D eigenvalue weighted by Crippen LogP contribution is 2.54. The van der Waals surface area contributed by atoms with Crippen molar-refractivity contribution in [1.29, 1.82) is 10.5 Å². The molecule has 2 aromatic heterocycles. The molecular weight excluding hydrogens is 580 g/mol. The second-order valence-electron chi connectivity index (χ2n) is 10.1. The predicted octanol–water partition coefficient (Wildman–Crippen LogP) is 8.63. The van der Waals surface area contributed by atoms with E-state index in [2.05, 4.69) is 29.8 Å². The van der Waals surface area contributed by atoms with Crippen molar-refractivity contribution >= 4 is 51.5 Å². The van der Waals surface area contributed by atoms with Gasteiger partial charge in [-0.2, -0.15) is 10.5 Å². The van der Waals surface area contributed by atoms with Crippen molar-refractivity contribution in [2.24, 2.45) is 0 Å². The standard InChI is InChI=1S/C30H21ClN4O2S3/c1-30(2)13-20-24(39-29(38)35(20)17-11-7-4-8-12-17)22-18(14-32)27(40-25(22)30)34-26-23(31)21(16-9-5-3-6-10-16)19(15-33)28(36)37-26/h3-12,21,34,36H,13H2,1-2H3. The van der Waals surface area contributed by atoms with Crippen molar-refractivity contribution in [3.05, 3.63) is 109 Å². The fourth-order valence-corrected chi connectivity index (χ4v) is 8.43. The van der Waals surface area contributed by atoms with E-state index < -0.39 is 11.9 Å². The molecule has 1 atom stereocenters. The third-order valence-corrected chi connectivity index (χ3v) is 10.4. The van der Waals surface area contributed by atoms with Crippen LogP contribution in [0.1, 0.15) is 41.5 Å². The van der Waals surface area contributed by atoms with Gasteiger partial charge in [0, 0.05) is 27.2 Å². The second-order valence-corrected chi connectivity index (χ2v) is 13.1. The Hall–Kier alpha value is -3.86. The molecule has 0 spiro atoms. The van der Waals surface area contributed by atoms with Gasteiger partial charge < -0.3 is 15.2 Å². The molecule has 0 radical (unpaired) electrons. The molecule has 2 N–H and O–H groups in total. The molecule has 6 rings (SSSR count). The Morgan fingerprint density at radius 3 is 2.40 bits per heavy atom. The van der Waals surface area contributed by atoms with Crippen LogP contribution < -0.4 is 5.32 Å². The van der Waals surface area contributed by atoms with Crippen LogP contribution in [-0.2, 0) is 16.6 Å². The largest absolute Gasteiger partial charge is 0.480 e. The Kier molecular flexibility index (Phi) is 6.56. The molecule has 1 unspecified atom stereocenters. The molecule has 6 nitrogen and oxygen atoms in total. The van der Waals surface area contributed by atoms with Crippen molar-refractivity contribution < 1.29 is 9.84 Å². The number of thiazole rings is 1. The normalized spacial score (nSPS) is 17.4. The molecule has 0 saturated carbocycles. The molecule has 3 heterocycles.